The van der Waals surface area contributed by atoms with Gasteiger partial charge in [0, 0.05) is 12.6 Å². The van der Waals surface area contributed by atoms with Gasteiger partial charge in [-0.25, -0.2) is 9.78 Å². The minimum atomic E-state index is -0.479. The molecule has 0 aliphatic heterocycles. The van der Waals surface area contributed by atoms with Gasteiger partial charge < -0.3 is 4.74 Å². The van der Waals surface area contributed by atoms with E-state index in [1.807, 2.05) is 31.2 Å². The molecule has 0 spiro atoms. The summed E-state index contributed by atoms with van der Waals surface area (Å²) >= 11 is 6.49. The maximum Gasteiger partial charge on any atom is 0.341 e. The highest BCUT2D eigenvalue weighted by Gasteiger charge is 2.23. The first-order chi connectivity index (χ1) is 11.0. The van der Waals surface area contributed by atoms with Crippen molar-refractivity contribution < 1.29 is 9.53 Å². The van der Waals surface area contributed by atoms with Gasteiger partial charge in [-0.15, -0.1) is 0 Å². The number of benzene rings is 1. The molecule has 0 saturated carbocycles. The van der Waals surface area contributed by atoms with Gasteiger partial charge in [0.15, 0.2) is 5.65 Å². The van der Waals surface area contributed by atoms with Crippen molar-refractivity contribution in [1.29, 1.82) is 0 Å². The van der Waals surface area contributed by atoms with E-state index in [0.29, 0.717) is 21.7 Å². The Balaban J connectivity index is 2.35. The summed E-state index contributed by atoms with van der Waals surface area (Å²) in [6.07, 6.45) is 1.60. The highest BCUT2D eigenvalue weighted by atomic mass is 35.5. The maximum atomic E-state index is 12.4. The summed E-state index contributed by atoms with van der Waals surface area (Å²) in [6, 6.07) is 7.76. The Bertz CT molecular complexity index is 902. The molecule has 3 rings (SSSR count). The molecule has 0 radical (unpaired) electrons. The number of carbonyl (C=O) groups is 1. The lowest BCUT2D eigenvalue weighted by Crippen LogP contribution is -2.09. The number of hydrogen-bond donors (Lipinski definition) is 0. The molecule has 2 heterocycles. The minimum Gasteiger partial charge on any atom is -0.462 e. The third-order valence-corrected chi connectivity index (χ3v) is 3.98. The molecule has 5 nitrogen and oxygen atoms in total. The van der Waals surface area contributed by atoms with Gasteiger partial charge in [0.05, 0.1) is 28.9 Å². The highest BCUT2D eigenvalue weighted by Crippen LogP contribution is 2.34. The zero-order valence-electron chi connectivity index (χ0n) is 13.1. The van der Waals surface area contributed by atoms with E-state index in [1.165, 1.54) is 0 Å². The average molecular weight is 330 g/mol. The molecular weight excluding hydrogens is 314 g/mol. The lowest BCUT2D eigenvalue weighted by molar-refractivity contribution is 0.0527. The summed E-state index contributed by atoms with van der Waals surface area (Å²) < 4.78 is 6.80. The normalized spacial score (nSPS) is 11.0. The molecule has 0 aliphatic rings. The third-order valence-electron chi connectivity index (χ3n) is 3.59. The smallest absolute Gasteiger partial charge is 0.341 e. The number of aromatic nitrogens is 3. The van der Waals surface area contributed by atoms with Crippen molar-refractivity contribution in [3.8, 4) is 11.3 Å². The Labute approximate surface area is 138 Å². The molecule has 0 atom stereocenters. The van der Waals surface area contributed by atoms with Crippen LogP contribution >= 0.6 is 11.6 Å². The molecular formula is C17H16ClN3O2. The summed E-state index contributed by atoms with van der Waals surface area (Å²) in [4.78, 5) is 17.0. The number of carbonyl (C=O) groups excluding carboxylic acids is 1. The summed E-state index contributed by atoms with van der Waals surface area (Å²) in [5.74, 6) is -0.479. The van der Waals surface area contributed by atoms with E-state index in [4.69, 9.17) is 16.3 Å². The van der Waals surface area contributed by atoms with Crippen LogP contribution in [0.15, 0.2) is 30.5 Å². The van der Waals surface area contributed by atoms with Crippen LogP contribution in [0.5, 0.6) is 0 Å². The topological polar surface area (TPSA) is 57.0 Å². The van der Waals surface area contributed by atoms with Crippen LogP contribution in [0.3, 0.4) is 0 Å². The van der Waals surface area contributed by atoms with Gasteiger partial charge in [-0.2, -0.15) is 5.10 Å². The van der Waals surface area contributed by atoms with Crippen LogP contribution in [0, 0.1) is 6.92 Å². The van der Waals surface area contributed by atoms with Gasteiger partial charge >= 0.3 is 5.97 Å². The van der Waals surface area contributed by atoms with Gasteiger partial charge in [-0.3, -0.25) is 4.68 Å². The van der Waals surface area contributed by atoms with Crippen molar-refractivity contribution in [3.05, 3.63) is 46.6 Å². The Kier molecular flexibility index (Phi) is 4.05. The van der Waals surface area contributed by atoms with Gasteiger partial charge in [0.2, 0.25) is 0 Å². The third kappa shape index (κ3) is 2.68. The molecule has 0 fully saturated rings. The summed E-state index contributed by atoms with van der Waals surface area (Å²) in [6.45, 7) is 4.01. The summed E-state index contributed by atoms with van der Waals surface area (Å²) in [7, 11) is 1.79. The lowest BCUT2D eigenvalue weighted by atomic mass is 10.0. The van der Waals surface area contributed by atoms with E-state index < -0.39 is 5.97 Å². The minimum absolute atomic E-state index is 0.271. The molecule has 1 aromatic carbocycles. The molecule has 6 heteroatoms. The van der Waals surface area contributed by atoms with Gasteiger partial charge in [0.1, 0.15) is 5.56 Å². The Morgan fingerprint density at radius 2 is 2.17 bits per heavy atom. The molecule has 0 saturated heterocycles. The largest absolute Gasteiger partial charge is 0.462 e. The van der Waals surface area contributed by atoms with Crippen LogP contribution in [0.25, 0.3) is 22.3 Å². The van der Waals surface area contributed by atoms with Gasteiger partial charge in [-0.05, 0) is 19.9 Å². The zero-order chi connectivity index (χ0) is 16.6. The highest BCUT2D eigenvalue weighted by molar-refractivity contribution is 6.38. The van der Waals surface area contributed by atoms with Crippen molar-refractivity contribution in [2.24, 2.45) is 7.05 Å². The number of fused-ring (bicyclic) bond motifs is 1. The van der Waals surface area contributed by atoms with E-state index in [9.17, 15) is 4.79 Å². The quantitative estimate of drug-likeness (QED) is 0.686. The zero-order valence-corrected chi connectivity index (χ0v) is 13.9. The van der Waals surface area contributed by atoms with E-state index in [-0.39, 0.29) is 12.2 Å². The molecule has 2 aromatic heterocycles. The number of rotatable bonds is 3. The van der Waals surface area contributed by atoms with Gasteiger partial charge in [-0.1, -0.05) is 35.4 Å². The fourth-order valence-corrected chi connectivity index (χ4v) is 2.81. The van der Waals surface area contributed by atoms with Crippen LogP contribution < -0.4 is 0 Å². The van der Waals surface area contributed by atoms with Crippen molar-refractivity contribution in [2.75, 3.05) is 6.61 Å². The van der Waals surface area contributed by atoms with E-state index in [1.54, 1.807) is 24.9 Å². The Hall–Kier alpha value is -2.40. The van der Waals surface area contributed by atoms with E-state index in [0.717, 1.165) is 11.1 Å². The van der Waals surface area contributed by atoms with Crippen molar-refractivity contribution in [1.82, 2.24) is 14.8 Å². The first-order valence-electron chi connectivity index (χ1n) is 7.28. The van der Waals surface area contributed by atoms with E-state index in [2.05, 4.69) is 10.1 Å². The number of esters is 1. The molecule has 0 aliphatic carbocycles. The maximum absolute atomic E-state index is 12.4. The van der Waals surface area contributed by atoms with Crippen LogP contribution in [0.4, 0.5) is 0 Å². The second kappa shape index (κ2) is 6.01. The van der Waals surface area contributed by atoms with E-state index >= 15 is 0 Å². The predicted molar refractivity (Wildman–Crippen MR) is 89.6 cm³/mol. The van der Waals surface area contributed by atoms with Crippen molar-refractivity contribution >= 4 is 28.6 Å². The summed E-state index contributed by atoms with van der Waals surface area (Å²) in [5, 5.41) is 5.12. The lowest BCUT2D eigenvalue weighted by Gasteiger charge is -2.12. The number of pyridine rings is 1. The average Bonchev–Trinajstić information content (AvgIpc) is 2.89. The number of ether oxygens (including phenoxy) is 1. The molecule has 3 aromatic rings. The number of nitrogens with zero attached hydrogens (tertiary/aromatic N) is 3. The SMILES string of the molecule is CCOC(=O)c1c(-c2cccc(C)c2)nc2c(cnn2C)c1Cl. The number of halogens is 1. The second-order valence-electron chi connectivity index (χ2n) is 5.24. The Morgan fingerprint density at radius 3 is 2.87 bits per heavy atom. The van der Waals surface area contributed by atoms with Crippen LogP contribution in [0.1, 0.15) is 22.8 Å². The molecule has 0 amide bonds. The first kappa shape index (κ1) is 15.5. The molecule has 0 bridgehead atoms. The fraction of sp³-hybridized carbons (Fsp3) is 0.235. The standard InChI is InChI=1S/C17H16ClN3O2/c1-4-23-17(22)13-14(18)12-9-19-21(3)16(12)20-15(13)11-7-5-6-10(2)8-11/h5-9H,4H2,1-3H3. The number of hydrogen-bond acceptors (Lipinski definition) is 4. The van der Waals surface area contributed by atoms with Crippen LogP contribution in [-0.4, -0.2) is 27.3 Å². The van der Waals surface area contributed by atoms with Crippen molar-refractivity contribution in [3.63, 3.8) is 0 Å². The van der Waals surface area contributed by atoms with Crippen LogP contribution in [0.2, 0.25) is 5.02 Å². The predicted octanol–water partition coefficient (Wildman–Crippen LogP) is 3.77. The van der Waals surface area contributed by atoms with Crippen molar-refractivity contribution in [2.45, 2.75) is 13.8 Å². The fourth-order valence-electron chi connectivity index (χ4n) is 2.51. The molecule has 23 heavy (non-hydrogen) atoms. The first-order valence-corrected chi connectivity index (χ1v) is 7.66. The van der Waals surface area contributed by atoms with Gasteiger partial charge in [0.25, 0.3) is 0 Å². The number of aryl methyl sites for hydroxylation is 2. The molecule has 0 N–H and O–H groups in total. The Morgan fingerprint density at radius 1 is 1.39 bits per heavy atom. The molecule has 0 unspecified atom stereocenters. The summed E-state index contributed by atoms with van der Waals surface area (Å²) in [5.41, 5.74) is 3.30. The van der Waals surface area contributed by atoms with Crippen LogP contribution in [-0.2, 0) is 11.8 Å². The second-order valence-corrected chi connectivity index (χ2v) is 5.62. The monoisotopic (exact) mass is 329 g/mol. The molecule has 118 valence electrons.